The highest BCUT2D eigenvalue weighted by molar-refractivity contribution is 7.90. The maximum Gasteiger partial charge on any atom is 0.267 e. The van der Waals surface area contributed by atoms with Gasteiger partial charge < -0.3 is 10.1 Å². The third kappa shape index (κ3) is 4.47. The molecule has 1 saturated carbocycles. The highest BCUT2D eigenvalue weighted by Crippen LogP contribution is 2.31. The van der Waals surface area contributed by atoms with Gasteiger partial charge >= 0.3 is 0 Å². The van der Waals surface area contributed by atoms with Crippen molar-refractivity contribution in [3.05, 3.63) is 28.5 Å². The maximum absolute atomic E-state index is 14.3. The Morgan fingerprint density at radius 3 is 2.69 bits per heavy atom. The summed E-state index contributed by atoms with van der Waals surface area (Å²) in [5.41, 5.74) is -0.419. The van der Waals surface area contributed by atoms with Gasteiger partial charge in [0.1, 0.15) is 11.6 Å². The lowest BCUT2D eigenvalue weighted by molar-refractivity contribution is 0.0977. The molecule has 26 heavy (non-hydrogen) atoms. The lowest BCUT2D eigenvalue weighted by atomic mass is 10.1. The number of benzene rings is 1. The monoisotopic (exact) mass is 404 g/mol. The number of amides is 1. The molecular formula is C17H22ClFN2O4S. The molecule has 1 aromatic carbocycles. The van der Waals surface area contributed by atoms with Crippen LogP contribution in [0, 0.1) is 11.7 Å². The molecule has 1 saturated heterocycles. The average molecular weight is 405 g/mol. The van der Waals surface area contributed by atoms with Gasteiger partial charge in [-0.3, -0.25) is 4.79 Å². The van der Waals surface area contributed by atoms with Gasteiger partial charge in [-0.2, -0.15) is 0 Å². The molecule has 1 aliphatic heterocycles. The summed E-state index contributed by atoms with van der Waals surface area (Å²) in [5.74, 6) is -1.30. The van der Waals surface area contributed by atoms with Crippen LogP contribution in [0.4, 0.5) is 4.39 Å². The lowest BCUT2D eigenvalue weighted by Crippen LogP contribution is -2.39. The highest BCUT2D eigenvalue weighted by Gasteiger charge is 2.31. The normalized spacial score (nSPS) is 21.1. The molecule has 144 valence electrons. The van der Waals surface area contributed by atoms with E-state index in [9.17, 15) is 17.6 Å². The summed E-state index contributed by atoms with van der Waals surface area (Å²) >= 11 is 6.10. The van der Waals surface area contributed by atoms with Gasteiger partial charge in [-0.15, -0.1) is 0 Å². The SMILES string of the molecule is O=C(NS(=O)(=O)C1CCNC1)c1cc(Cl)c(OCC2CCCC2)cc1F. The number of ether oxygens (including phenoxy) is 1. The zero-order valence-electron chi connectivity index (χ0n) is 14.3. The van der Waals surface area contributed by atoms with E-state index < -0.39 is 32.6 Å². The van der Waals surface area contributed by atoms with Crippen LogP contribution in [0.1, 0.15) is 42.5 Å². The molecule has 1 unspecified atom stereocenters. The van der Waals surface area contributed by atoms with E-state index in [-0.39, 0.29) is 17.3 Å². The zero-order valence-corrected chi connectivity index (χ0v) is 15.8. The Morgan fingerprint density at radius 1 is 1.31 bits per heavy atom. The van der Waals surface area contributed by atoms with Gasteiger partial charge in [0.25, 0.3) is 5.91 Å². The first-order chi connectivity index (χ1) is 12.4. The standard InChI is InChI=1S/C17H22ClFN2O4S/c18-14-7-13(17(22)21-26(23,24)12-5-6-20-9-12)15(19)8-16(14)25-10-11-3-1-2-4-11/h7-8,11-12,20H,1-6,9-10H2,(H,21,22). The Kier molecular flexibility index (Phi) is 6.04. The number of hydrogen-bond acceptors (Lipinski definition) is 5. The Labute approximate surface area is 157 Å². The fourth-order valence-corrected chi connectivity index (χ4v) is 4.88. The molecule has 1 aromatic rings. The van der Waals surface area contributed by atoms with Gasteiger partial charge in [0.2, 0.25) is 10.0 Å². The van der Waals surface area contributed by atoms with Crippen molar-refractivity contribution in [3.8, 4) is 5.75 Å². The van der Waals surface area contributed by atoms with E-state index in [2.05, 4.69) is 5.32 Å². The van der Waals surface area contributed by atoms with Crippen LogP contribution in [0.15, 0.2) is 12.1 Å². The smallest absolute Gasteiger partial charge is 0.267 e. The molecule has 0 bridgehead atoms. The van der Waals surface area contributed by atoms with E-state index in [0.29, 0.717) is 25.5 Å². The second kappa shape index (κ2) is 8.10. The minimum atomic E-state index is -3.87. The van der Waals surface area contributed by atoms with E-state index in [1.54, 1.807) is 0 Å². The van der Waals surface area contributed by atoms with Crippen molar-refractivity contribution in [1.29, 1.82) is 0 Å². The first-order valence-electron chi connectivity index (χ1n) is 8.75. The number of rotatable bonds is 6. The van der Waals surface area contributed by atoms with Gasteiger partial charge in [-0.1, -0.05) is 24.4 Å². The molecule has 0 spiro atoms. The van der Waals surface area contributed by atoms with Crippen LogP contribution in [0.2, 0.25) is 5.02 Å². The molecule has 1 aliphatic carbocycles. The van der Waals surface area contributed by atoms with Crippen molar-refractivity contribution < 1.29 is 22.3 Å². The summed E-state index contributed by atoms with van der Waals surface area (Å²) in [5, 5.41) is 2.28. The number of carbonyl (C=O) groups excluding carboxylic acids is 1. The van der Waals surface area contributed by atoms with E-state index >= 15 is 0 Å². The number of carbonyl (C=O) groups is 1. The minimum Gasteiger partial charge on any atom is -0.492 e. The lowest BCUT2D eigenvalue weighted by Gasteiger charge is -2.15. The van der Waals surface area contributed by atoms with Crippen LogP contribution < -0.4 is 14.8 Å². The van der Waals surface area contributed by atoms with Crippen molar-refractivity contribution in [1.82, 2.24) is 10.0 Å². The van der Waals surface area contributed by atoms with Gasteiger partial charge in [-0.05, 0) is 37.8 Å². The first kappa shape index (κ1) is 19.4. The molecule has 2 aliphatic rings. The summed E-state index contributed by atoms with van der Waals surface area (Å²) in [4.78, 5) is 12.2. The van der Waals surface area contributed by atoms with Crippen molar-refractivity contribution >= 4 is 27.5 Å². The number of hydrogen-bond donors (Lipinski definition) is 2. The van der Waals surface area contributed by atoms with Gasteiger partial charge in [0.05, 0.1) is 22.4 Å². The van der Waals surface area contributed by atoms with E-state index in [4.69, 9.17) is 16.3 Å². The topological polar surface area (TPSA) is 84.5 Å². The fraction of sp³-hybridized carbons (Fsp3) is 0.588. The Balaban J connectivity index is 1.69. The van der Waals surface area contributed by atoms with Crippen molar-refractivity contribution in [2.24, 2.45) is 5.92 Å². The van der Waals surface area contributed by atoms with E-state index in [1.165, 1.54) is 12.8 Å². The number of halogens is 2. The van der Waals surface area contributed by atoms with E-state index in [1.807, 2.05) is 4.72 Å². The van der Waals surface area contributed by atoms with Crippen LogP contribution in [0.5, 0.6) is 5.75 Å². The largest absolute Gasteiger partial charge is 0.492 e. The van der Waals surface area contributed by atoms with Crippen molar-refractivity contribution in [2.45, 2.75) is 37.4 Å². The Bertz CT molecular complexity index is 775. The average Bonchev–Trinajstić information content (AvgIpc) is 3.28. The van der Waals surface area contributed by atoms with Gasteiger partial charge in [0, 0.05) is 12.6 Å². The quantitative estimate of drug-likeness (QED) is 0.760. The van der Waals surface area contributed by atoms with Crippen molar-refractivity contribution in [3.63, 3.8) is 0 Å². The summed E-state index contributed by atoms with van der Waals surface area (Å²) < 4.78 is 46.2. The molecule has 2 fully saturated rings. The summed E-state index contributed by atoms with van der Waals surface area (Å²) in [6, 6.07) is 2.15. The molecule has 1 heterocycles. The number of sulfonamides is 1. The van der Waals surface area contributed by atoms with Crippen molar-refractivity contribution in [2.75, 3.05) is 19.7 Å². The van der Waals surface area contributed by atoms with Gasteiger partial charge in [-0.25, -0.2) is 17.5 Å². The summed E-state index contributed by atoms with van der Waals surface area (Å²) in [7, 11) is -3.87. The second-order valence-electron chi connectivity index (χ2n) is 6.81. The molecule has 1 amide bonds. The second-order valence-corrected chi connectivity index (χ2v) is 9.18. The van der Waals surface area contributed by atoms with Crippen LogP contribution in [0.3, 0.4) is 0 Å². The Morgan fingerprint density at radius 2 is 2.04 bits per heavy atom. The molecule has 9 heteroatoms. The fourth-order valence-electron chi connectivity index (χ4n) is 3.36. The van der Waals surface area contributed by atoms with E-state index in [0.717, 1.165) is 25.0 Å². The van der Waals surface area contributed by atoms with Crippen LogP contribution in [0.25, 0.3) is 0 Å². The number of nitrogens with one attached hydrogen (secondary N) is 2. The highest BCUT2D eigenvalue weighted by atomic mass is 35.5. The molecule has 1 atom stereocenters. The van der Waals surface area contributed by atoms with Crippen LogP contribution in [-0.4, -0.2) is 39.3 Å². The predicted octanol–water partition coefficient (Wildman–Crippen LogP) is 2.47. The van der Waals surface area contributed by atoms with Crippen LogP contribution >= 0.6 is 11.6 Å². The third-order valence-electron chi connectivity index (χ3n) is 4.90. The third-order valence-corrected chi connectivity index (χ3v) is 6.95. The summed E-state index contributed by atoms with van der Waals surface area (Å²) in [6.07, 6.45) is 4.89. The Hall–Kier alpha value is -1.38. The first-order valence-corrected chi connectivity index (χ1v) is 10.7. The van der Waals surface area contributed by atoms with Crippen LogP contribution in [-0.2, 0) is 10.0 Å². The summed E-state index contributed by atoms with van der Waals surface area (Å²) in [6.45, 7) is 1.28. The molecule has 6 nitrogen and oxygen atoms in total. The zero-order chi connectivity index (χ0) is 18.7. The molecule has 2 N–H and O–H groups in total. The molecular weight excluding hydrogens is 383 g/mol. The predicted molar refractivity (Wildman–Crippen MR) is 96.5 cm³/mol. The molecule has 0 radical (unpaired) electrons. The molecule has 3 rings (SSSR count). The van der Waals surface area contributed by atoms with Gasteiger partial charge in [0.15, 0.2) is 0 Å². The minimum absolute atomic E-state index is 0.0782. The maximum atomic E-state index is 14.3. The molecule has 0 aromatic heterocycles.